The molecule has 9 heavy (non-hydrogen) atoms. The summed E-state index contributed by atoms with van der Waals surface area (Å²) in [7, 11) is 0. The zero-order valence-corrected chi connectivity index (χ0v) is 5.29. The molecular weight excluding hydrogens is 112 g/mol. The van der Waals surface area contributed by atoms with E-state index in [-0.39, 0.29) is 5.92 Å². The van der Waals surface area contributed by atoms with Gasteiger partial charge in [-0.05, 0) is 18.1 Å². The SMILES string of the molecule is CC1C=C=C=CC1C=O. The van der Waals surface area contributed by atoms with E-state index in [4.69, 9.17) is 0 Å². The molecule has 0 heterocycles. The molecule has 1 heteroatoms. The molecule has 1 aliphatic carbocycles. The summed E-state index contributed by atoms with van der Waals surface area (Å²) in [5.41, 5.74) is 5.56. The van der Waals surface area contributed by atoms with Gasteiger partial charge in [0, 0.05) is 5.92 Å². The van der Waals surface area contributed by atoms with Gasteiger partial charge >= 0.3 is 0 Å². The Labute approximate surface area is 54.4 Å². The molecule has 0 N–H and O–H groups in total. The molecule has 0 amide bonds. The smallest absolute Gasteiger partial charge is 0.128 e. The molecule has 0 aliphatic heterocycles. The second-order valence-corrected chi connectivity index (χ2v) is 2.19. The van der Waals surface area contributed by atoms with Crippen LogP contribution in [-0.4, -0.2) is 6.29 Å². The lowest BCUT2D eigenvalue weighted by Gasteiger charge is -2.08. The van der Waals surface area contributed by atoms with Gasteiger partial charge < -0.3 is 4.79 Å². The van der Waals surface area contributed by atoms with Gasteiger partial charge in [-0.25, -0.2) is 0 Å². The molecule has 0 aromatic heterocycles. The summed E-state index contributed by atoms with van der Waals surface area (Å²) in [6.45, 7) is 1.99. The minimum absolute atomic E-state index is 0.0197. The van der Waals surface area contributed by atoms with Gasteiger partial charge in [0.25, 0.3) is 0 Å². The van der Waals surface area contributed by atoms with E-state index in [2.05, 4.69) is 11.5 Å². The predicted octanol–water partition coefficient (Wildman–Crippen LogP) is 1.32. The van der Waals surface area contributed by atoms with Crippen LogP contribution in [0.2, 0.25) is 0 Å². The number of hydrogen-bond donors (Lipinski definition) is 0. The van der Waals surface area contributed by atoms with Gasteiger partial charge in [-0.2, -0.15) is 0 Å². The maximum atomic E-state index is 10.3. The van der Waals surface area contributed by atoms with Gasteiger partial charge in [-0.1, -0.05) is 18.4 Å². The molecule has 0 aromatic carbocycles. The molecule has 0 aromatic rings. The van der Waals surface area contributed by atoms with E-state index in [0.29, 0.717) is 5.92 Å². The number of rotatable bonds is 1. The maximum absolute atomic E-state index is 10.3. The minimum Gasteiger partial charge on any atom is -0.303 e. The first kappa shape index (κ1) is 6.10. The molecule has 0 bridgehead atoms. The summed E-state index contributed by atoms with van der Waals surface area (Å²) in [4.78, 5) is 10.3. The van der Waals surface area contributed by atoms with E-state index in [9.17, 15) is 4.79 Å². The Hall–Kier alpha value is -1.03. The highest BCUT2D eigenvalue weighted by atomic mass is 16.1. The van der Waals surface area contributed by atoms with E-state index < -0.39 is 0 Å². The van der Waals surface area contributed by atoms with Crippen molar-refractivity contribution in [1.82, 2.24) is 0 Å². The van der Waals surface area contributed by atoms with Crippen molar-refractivity contribution in [2.75, 3.05) is 0 Å². The fraction of sp³-hybridized carbons (Fsp3) is 0.375. The van der Waals surface area contributed by atoms with Crippen molar-refractivity contribution in [3.63, 3.8) is 0 Å². The van der Waals surface area contributed by atoms with Crippen molar-refractivity contribution in [2.24, 2.45) is 11.8 Å². The molecule has 1 nitrogen and oxygen atoms in total. The van der Waals surface area contributed by atoms with E-state index in [1.54, 1.807) is 6.08 Å². The van der Waals surface area contributed by atoms with Crippen LogP contribution in [0.5, 0.6) is 0 Å². The molecule has 46 valence electrons. The second-order valence-electron chi connectivity index (χ2n) is 2.19. The third kappa shape index (κ3) is 1.20. The van der Waals surface area contributed by atoms with Crippen LogP contribution in [0.4, 0.5) is 0 Å². The molecule has 0 fully saturated rings. The average molecular weight is 120 g/mol. The Morgan fingerprint density at radius 2 is 2.11 bits per heavy atom. The van der Waals surface area contributed by atoms with Gasteiger partial charge in [0.1, 0.15) is 6.29 Å². The van der Waals surface area contributed by atoms with Crippen LogP contribution >= 0.6 is 0 Å². The molecule has 1 rings (SSSR count). The summed E-state index contributed by atoms with van der Waals surface area (Å²) in [5.74, 6) is 0.315. The quantitative estimate of drug-likeness (QED) is 0.376. The summed E-state index contributed by atoms with van der Waals surface area (Å²) >= 11 is 0. The third-order valence-corrected chi connectivity index (χ3v) is 1.47. The largest absolute Gasteiger partial charge is 0.303 e. The zero-order chi connectivity index (χ0) is 6.69. The highest BCUT2D eigenvalue weighted by Gasteiger charge is 2.10. The van der Waals surface area contributed by atoms with Crippen LogP contribution in [0, 0.1) is 11.8 Å². The van der Waals surface area contributed by atoms with Crippen LogP contribution in [-0.2, 0) is 4.79 Å². The standard InChI is InChI=1S/C8H8O/c1-7-4-2-3-5-8(7)6-9/h4-8H,1H3. The number of hydrogen-bond acceptors (Lipinski definition) is 1. The van der Waals surface area contributed by atoms with Gasteiger partial charge in [0.05, 0.1) is 0 Å². The molecule has 0 saturated carbocycles. The molecule has 2 atom stereocenters. The number of carbonyl (C=O) groups excluding carboxylic acids is 1. The van der Waals surface area contributed by atoms with Crippen molar-refractivity contribution in [3.05, 3.63) is 23.6 Å². The van der Waals surface area contributed by atoms with E-state index in [1.807, 2.05) is 13.0 Å². The van der Waals surface area contributed by atoms with Crippen LogP contribution in [0.15, 0.2) is 23.6 Å². The van der Waals surface area contributed by atoms with Gasteiger partial charge in [0.2, 0.25) is 0 Å². The Bertz CT molecular complexity index is 203. The fourth-order valence-corrected chi connectivity index (χ4v) is 0.750. The van der Waals surface area contributed by atoms with Crippen molar-refractivity contribution in [1.29, 1.82) is 0 Å². The summed E-state index contributed by atoms with van der Waals surface area (Å²) in [6, 6.07) is 0. The van der Waals surface area contributed by atoms with Crippen molar-refractivity contribution in [2.45, 2.75) is 6.92 Å². The number of carbonyl (C=O) groups is 1. The van der Waals surface area contributed by atoms with Crippen molar-refractivity contribution in [3.8, 4) is 0 Å². The summed E-state index contributed by atoms with van der Waals surface area (Å²) < 4.78 is 0. The zero-order valence-electron chi connectivity index (χ0n) is 5.29. The van der Waals surface area contributed by atoms with Crippen molar-refractivity contribution >= 4 is 6.29 Å². The van der Waals surface area contributed by atoms with Crippen LogP contribution in [0.25, 0.3) is 0 Å². The minimum atomic E-state index is 0.0197. The summed E-state index contributed by atoms with van der Waals surface area (Å²) in [5, 5.41) is 0. The first-order valence-corrected chi connectivity index (χ1v) is 2.97. The lowest BCUT2D eigenvalue weighted by atomic mass is 9.94. The van der Waals surface area contributed by atoms with Crippen molar-refractivity contribution < 1.29 is 4.79 Å². The average Bonchev–Trinajstić information content (AvgIpc) is 1.89. The van der Waals surface area contributed by atoms with Gasteiger partial charge in [0.15, 0.2) is 0 Å². The molecular formula is C8H8O. The third-order valence-electron chi connectivity index (χ3n) is 1.47. The van der Waals surface area contributed by atoms with Gasteiger partial charge in [-0.15, -0.1) is 0 Å². The molecule has 0 radical (unpaired) electrons. The second kappa shape index (κ2) is 2.50. The maximum Gasteiger partial charge on any atom is 0.128 e. The Morgan fingerprint density at radius 3 is 2.56 bits per heavy atom. The van der Waals surface area contributed by atoms with E-state index >= 15 is 0 Å². The highest BCUT2D eigenvalue weighted by molar-refractivity contribution is 5.57. The van der Waals surface area contributed by atoms with Crippen LogP contribution < -0.4 is 0 Å². The normalized spacial score (nSPS) is 30.8. The van der Waals surface area contributed by atoms with Crippen LogP contribution in [0.1, 0.15) is 6.92 Å². The Morgan fingerprint density at radius 1 is 1.44 bits per heavy atom. The molecule has 2 unspecified atom stereocenters. The van der Waals surface area contributed by atoms with Gasteiger partial charge in [-0.3, -0.25) is 0 Å². The lowest BCUT2D eigenvalue weighted by Crippen LogP contribution is -2.08. The molecule has 1 aliphatic rings. The Balaban J connectivity index is 2.83. The topological polar surface area (TPSA) is 17.1 Å². The fourth-order valence-electron chi connectivity index (χ4n) is 0.750. The number of allylic oxidation sites excluding steroid dienone is 2. The summed E-state index contributed by atoms with van der Waals surface area (Å²) in [6.07, 6.45) is 4.55. The number of aldehydes is 1. The first-order chi connectivity index (χ1) is 4.34. The highest BCUT2D eigenvalue weighted by Crippen LogP contribution is 2.12. The predicted molar refractivity (Wildman–Crippen MR) is 34.9 cm³/mol. The molecule has 0 saturated heterocycles. The first-order valence-electron chi connectivity index (χ1n) is 2.97. The Kier molecular flexibility index (Phi) is 1.69. The monoisotopic (exact) mass is 120 g/mol. The lowest BCUT2D eigenvalue weighted by molar-refractivity contribution is -0.110. The van der Waals surface area contributed by atoms with E-state index in [0.717, 1.165) is 6.29 Å². The van der Waals surface area contributed by atoms with Crippen LogP contribution in [0.3, 0.4) is 0 Å². The molecule has 0 spiro atoms. The van der Waals surface area contributed by atoms with E-state index in [1.165, 1.54) is 0 Å².